The molecule has 1 N–H and O–H groups in total. The molecule has 1 aromatic rings. The van der Waals surface area contributed by atoms with E-state index in [1.54, 1.807) is 17.8 Å². The van der Waals surface area contributed by atoms with Crippen LogP contribution in [0.4, 0.5) is 0 Å². The molecule has 4 nitrogen and oxygen atoms in total. The molecule has 0 saturated carbocycles. The molecule has 21 heavy (non-hydrogen) atoms. The zero-order valence-corrected chi connectivity index (χ0v) is 14.4. The molecular formula is C15H18BrNO3S. The van der Waals surface area contributed by atoms with Crippen molar-refractivity contribution >= 4 is 39.6 Å². The van der Waals surface area contributed by atoms with Crippen molar-refractivity contribution in [1.29, 1.82) is 0 Å². The molecule has 2 unspecified atom stereocenters. The highest BCUT2D eigenvalue weighted by atomic mass is 79.9. The van der Waals surface area contributed by atoms with Gasteiger partial charge in [0, 0.05) is 10.2 Å². The lowest BCUT2D eigenvalue weighted by Gasteiger charge is -2.27. The van der Waals surface area contributed by atoms with Crippen LogP contribution in [0, 0.1) is 6.92 Å². The molecule has 0 spiro atoms. The number of aliphatic carboxylic acids is 1. The van der Waals surface area contributed by atoms with E-state index in [4.69, 9.17) is 0 Å². The first-order valence-corrected chi connectivity index (χ1v) is 8.73. The van der Waals surface area contributed by atoms with Crippen LogP contribution < -0.4 is 0 Å². The Morgan fingerprint density at radius 2 is 2.19 bits per heavy atom. The summed E-state index contributed by atoms with van der Waals surface area (Å²) in [4.78, 5) is 25.7. The Hall–Kier alpha value is -1.01. The van der Waals surface area contributed by atoms with Crippen molar-refractivity contribution in [3.63, 3.8) is 0 Å². The lowest BCUT2D eigenvalue weighted by atomic mass is 10.1. The Morgan fingerprint density at radius 3 is 2.76 bits per heavy atom. The molecule has 1 fully saturated rings. The van der Waals surface area contributed by atoms with Crippen LogP contribution in [-0.4, -0.2) is 39.1 Å². The maximum Gasteiger partial charge on any atom is 0.327 e. The standard InChI is InChI=1S/C15H18BrNO3S/c1-3-4-13-17(12(8-21-13)15(19)20)14(18)10-6-5-9(2)7-11(10)16/h5-7,12-13H,3-4,8H2,1-2H3,(H,19,20). The van der Waals surface area contributed by atoms with Gasteiger partial charge < -0.3 is 10.0 Å². The number of hydrogen-bond donors (Lipinski definition) is 1. The van der Waals surface area contributed by atoms with Crippen molar-refractivity contribution in [3.8, 4) is 0 Å². The fourth-order valence-corrected chi connectivity index (χ4v) is 4.60. The third kappa shape index (κ3) is 3.43. The number of amides is 1. The smallest absolute Gasteiger partial charge is 0.327 e. The summed E-state index contributed by atoms with van der Waals surface area (Å²) in [6.45, 7) is 3.99. The molecule has 1 aliphatic rings. The van der Waals surface area contributed by atoms with Crippen LogP contribution in [0.1, 0.15) is 35.7 Å². The van der Waals surface area contributed by atoms with E-state index in [0.717, 1.165) is 18.4 Å². The quantitative estimate of drug-likeness (QED) is 0.879. The van der Waals surface area contributed by atoms with E-state index < -0.39 is 12.0 Å². The van der Waals surface area contributed by atoms with Gasteiger partial charge in [0.25, 0.3) is 5.91 Å². The number of carbonyl (C=O) groups excluding carboxylic acids is 1. The monoisotopic (exact) mass is 371 g/mol. The largest absolute Gasteiger partial charge is 0.480 e. The fourth-order valence-electron chi connectivity index (χ4n) is 2.43. The predicted octanol–water partition coefficient (Wildman–Crippen LogP) is 3.53. The zero-order valence-electron chi connectivity index (χ0n) is 12.0. The summed E-state index contributed by atoms with van der Waals surface area (Å²) in [6, 6.07) is 4.76. The molecule has 114 valence electrons. The molecule has 1 amide bonds. The van der Waals surface area contributed by atoms with Crippen LogP contribution in [0.15, 0.2) is 22.7 Å². The number of aryl methyl sites for hydroxylation is 1. The third-order valence-corrected chi connectivity index (χ3v) is 5.51. The number of carbonyl (C=O) groups is 2. The van der Waals surface area contributed by atoms with E-state index in [0.29, 0.717) is 15.8 Å². The predicted molar refractivity (Wildman–Crippen MR) is 87.6 cm³/mol. The van der Waals surface area contributed by atoms with E-state index in [1.165, 1.54) is 4.90 Å². The summed E-state index contributed by atoms with van der Waals surface area (Å²) < 4.78 is 0.712. The second kappa shape index (κ2) is 6.83. The second-order valence-electron chi connectivity index (χ2n) is 5.13. The molecule has 1 aliphatic heterocycles. The molecule has 1 saturated heterocycles. The minimum Gasteiger partial charge on any atom is -0.480 e. The van der Waals surface area contributed by atoms with Gasteiger partial charge >= 0.3 is 5.97 Å². The number of halogens is 1. The molecule has 0 aromatic heterocycles. The molecule has 2 atom stereocenters. The molecule has 0 radical (unpaired) electrons. The summed E-state index contributed by atoms with van der Waals surface area (Å²) in [5, 5.41) is 9.30. The number of hydrogen-bond acceptors (Lipinski definition) is 3. The number of thioether (sulfide) groups is 1. The normalized spacial score (nSPS) is 21.6. The van der Waals surface area contributed by atoms with E-state index in [2.05, 4.69) is 15.9 Å². The van der Waals surface area contributed by atoms with Crippen LogP contribution in [0.25, 0.3) is 0 Å². The van der Waals surface area contributed by atoms with Crippen molar-refractivity contribution in [3.05, 3.63) is 33.8 Å². The molecule has 0 bridgehead atoms. The number of carboxylic acids is 1. The molecule has 1 heterocycles. The van der Waals surface area contributed by atoms with Crippen LogP contribution in [-0.2, 0) is 4.79 Å². The van der Waals surface area contributed by atoms with E-state index in [9.17, 15) is 14.7 Å². The Kier molecular flexibility index (Phi) is 5.32. The van der Waals surface area contributed by atoms with Crippen LogP contribution in [0.3, 0.4) is 0 Å². The summed E-state index contributed by atoms with van der Waals surface area (Å²) >= 11 is 4.96. The molecule has 0 aliphatic carbocycles. The van der Waals surface area contributed by atoms with Crippen molar-refractivity contribution in [2.45, 2.75) is 38.1 Å². The van der Waals surface area contributed by atoms with Crippen LogP contribution in [0.2, 0.25) is 0 Å². The van der Waals surface area contributed by atoms with Gasteiger partial charge in [-0.3, -0.25) is 4.79 Å². The van der Waals surface area contributed by atoms with Crippen molar-refractivity contribution < 1.29 is 14.7 Å². The van der Waals surface area contributed by atoms with Crippen molar-refractivity contribution in [1.82, 2.24) is 4.90 Å². The van der Waals surface area contributed by atoms with Crippen molar-refractivity contribution in [2.24, 2.45) is 0 Å². The SMILES string of the molecule is CCCC1SCC(C(=O)O)N1C(=O)c1ccc(C)cc1Br. The summed E-state index contributed by atoms with van der Waals surface area (Å²) in [5.41, 5.74) is 1.57. The van der Waals surface area contributed by atoms with E-state index in [1.807, 2.05) is 26.0 Å². The van der Waals surface area contributed by atoms with Gasteiger partial charge in [-0.15, -0.1) is 11.8 Å². The maximum atomic E-state index is 12.8. The van der Waals surface area contributed by atoms with Gasteiger partial charge in [0.1, 0.15) is 6.04 Å². The highest BCUT2D eigenvalue weighted by Crippen LogP contribution is 2.34. The first-order chi connectivity index (χ1) is 9.95. The topological polar surface area (TPSA) is 57.6 Å². The number of rotatable bonds is 4. The zero-order chi connectivity index (χ0) is 15.6. The summed E-state index contributed by atoms with van der Waals surface area (Å²) in [5.74, 6) is -0.690. The highest BCUT2D eigenvalue weighted by molar-refractivity contribution is 9.10. The van der Waals surface area contributed by atoms with Gasteiger partial charge in [-0.2, -0.15) is 0 Å². The molecule has 2 rings (SSSR count). The minimum atomic E-state index is -0.933. The highest BCUT2D eigenvalue weighted by Gasteiger charge is 2.41. The van der Waals surface area contributed by atoms with E-state index in [-0.39, 0.29) is 11.3 Å². The number of benzene rings is 1. The van der Waals surface area contributed by atoms with Gasteiger partial charge in [0.2, 0.25) is 0 Å². The maximum absolute atomic E-state index is 12.8. The van der Waals surface area contributed by atoms with Gasteiger partial charge in [-0.05, 0) is 47.0 Å². The molecule has 6 heteroatoms. The van der Waals surface area contributed by atoms with Gasteiger partial charge in [0.05, 0.1) is 10.9 Å². The average Bonchev–Trinajstić information content (AvgIpc) is 2.82. The average molecular weight is 372 g/mol. The number of carboxylic acid groups (broad SMARTS) is 1. The summed E-state index contributed by atoms with van der Waals surface area (Å²) in [6.07, 6.45) is 1.73. The fraction of sp³-hybridized carbons (Fsp3) is 0.467. The van der Waals surface area contributed by atoms with E-state index >= 15 is 0 Å². The van der Waals surface area contributed by atoms with Gasteiger partial charge in [-0.25, -0.2) is 4.79 Å². The Labute approximate surface area is 137 Å². The molecular weight excluding hydrogens is 354 g/mol. The summed E-state index contributed by atoms with van der Waals surface area (Å²) in [7, 11) is 0. The van der Waals surface area contributed by atoms with Gasteiger partial charge in [-0.1, -0.05) is 19.4 Å². The van der Waals surface area contributed by atoms with Crippen molar-refractivity contribution in [2.75, 3.05) is 5.75 Å². The third-order valence-electron chi connectivity index (χ3n) is 3.50. The molecule has 1 aromatic carbocycles. The Morgan fingerprint density at radius 1 is 1.48 bits per heavy atom. The second-order valence-corrected chi connectivity index (χ2v) is 7.19. The first-order valence-electron chi connectivity index (χ1n) is 6.89. The van der Waals surface area contributed by atoms with Crippen LogP contribution in [0.5, 0.6) is 0 Å². The van der Waals surface area contributed by atoms with Gasteiger partial charge in [0.15, 0.2) is 0 Å². The van der Waals surface area contributed by atoms with Crippen LogP contribution >= 0.6 is 27.7 Å². The minimum absolute atomic E-state index is 0.0585. The number of nitrogens with zero attached hydrogens (tertiary/aromatic N) is 1. The lowest BCUT2D eigenvalue weighted by Crippen LogP contribution is -2.45. The first kappa shape index (κ1) is 16.4. The Balaban J connectivity index is 2.34. The Bertz CT molecular complexity index is 564. The lowest BCUT2D eigenvalue weighted by molar-refractivity contribution is -0.141.